The molecule has 31 heavy (non-hydrogen) atoms. The van der Waals surface area contributed by atoms with Gasteiger partial charge < -0.3 is 20.1 Å². The van der Waals surface area contributed by atoms with Crippen molar-refractivity contribution in [2.75, 3.05) is 13.2 Å². The molecule has 1 heterocycles. The summed E-state index contributed by atoms with van der Waals surface area (Å²) < 4.78 is 6.72. The van der Waals surface area contributed by atoms with Crippen molar-refractivity contribution >= 4 is 0 Å². The average Bonchev–Trinajstić information content (AvgIpc) is 3.23. The van der Waals surface area contributed by atoms with E-state index >= 15 is 0 Å². The summed E-state index contributed by atoms with van der Waals surface area (Å²) in [7, 11) is 0. The zero-order valence-corrected chi connectivity index (χ0v) is 20.0. The van der Waals surface area contributed by atoms with Crippen LogP contribution in [0.15, 0.2) is 0 Å². The van der Waals surface area contributed by atoms with Gasteiger partial charge in [-0.05, 0) is 111 Å². The monoisotopic (exact) mass is 434 g/mol. The number of fused-ring (bicyclic) bond motifs is 7. The van der Waals surface area contributed by atoms with Crippen LogP contribution in [0.25, 0.3) is 0 Å². The van der Waals surface area contributed by atoms with Crippen LogP contribution in [0.5, 0.6) is 0 Å². The van der Waals surface area contributed by atoms with Crippen LogP contribution >= 0.6 is 0 Å². The first-order chi connectivity index (χ1) is 14.8. The van der Waals surface area contributed by atoms with E-state index in [4.69, 9.17) is 4.74 Å². The van der Waals surface area contributed by atoms with Gasteiger partial charge in [-0.1, -0.05) is 20.8 Å². The third-order valence-electron chi connectivity index (χ3n) is 11.6. The van der Waals surface area contributed by atoms with Gasteiger partial charge in [0.25, 0.3) is 0 Å². The minimum absolute atomic E-state index is 0.0000421. The number of aliphatic hydroxyl groups is 3. The van der Waals surface area contributed by atoms with Crippen molar-refractivity contribution in [2.24, 2.45) is 52.3 Å². The molecule has 1 saturated heterocycles. The maximum atomic E-state index is 10.3. The minimum Gasteiger partial charge on any atom is -0.396 e. The summed E-state index contributed by atoms with van der Waals surface area (Å²) in [5.41, 5.74) is 0.852. The molecule has 178 valence electrons. The first kappa shape index (κ1) is 22.6. The summed E-state index contributed by atoms with van der Waals surface area (Å²) in [5, 5.41) is 29.1. The van der Waals surface area contributed by atoms with E-state index in [9.17, 15) is 15.3 Å². The molecular weight excluding hydrogens is 388 g/mol. The maximum absolute atomic E-state index is 10.3. The molecule has 3 N–H and O–H groups in total. The van der Waals surface area contributed by atoms with E-state index in [1.165, 1.54) is 38.5 Å². The van der Waals surface area contributed by atoms with Crippen molar-refractivity contribution in [2.45, 2.75) is 103 Å². The Morgan fingerprint density at radius 2 is 1.68 bits per heavy atom. The molecule has 0 bridgehead atoms. The van der Waals surface area contributed by atoms with Gasteiger partial charge in [0, 0.05) is 19.1 Å². The van der Waals surface area contributed by atoms with Crippen LogP contribution in [0, 0.1) is 52.3 Å². The Labute approximate surface area is 189 Å². The molecule has 0 aromatic carbocycles. The van der Waals surface area contributed by atoms with Gasteiger partial charge in [0.2, 0.25) is 0 Å². The molecule has 4 nitrogen and oxygen atoms in total. The quantitative estimate of drug-likeness (QED) is 0.600. The van der Waals surface area contributed by atoms with Gasteiger partial charge in [-0.2, -0.15) is 0 Å². The lowest BCUT2D eigenvalue weighted by Gasteiger charge is -2.61. The van der Waals surface area contributed by atoms with E-state index in [-0.39, 0.29) is 25.2 Å². The molecule has 0 aromatic heterocycles. The molecule has 5 rings (SSSR count). The molecule has 4 saturated carbocycles. The van der Waals surface area contributed by atoms with Crippen LogP contribution < -0.4 is 0 Å². The summed E-state index contributed by atoms with van der Waals surface area (Å²) in [6, 6.07) is 0. The Bertz CT molecular complexity index is 649. The summed E-state index contributed by atoms with van der Waals surface area (Å²) in [6.07, 6.45) is 12.4. The lowest BCUT2D eigenvalue weighted by atomic mass is 9.44. The first-order valence-corrected chi connectivity index (χ1v) is 13.4. The van der Waals surface area contributed by atoms with E-state index in [1.54, 1.807) is 0 Å². The zero-order valence-electron chi connectivity index (χ0n) is 20.0. The highest BCUT2D eigenvalue weighted by Gasteiger charge is 2.65. The molecule has 4 heteroatoms. The second-order valence-corrected chi connectivity index (χ2v) is 12.8. The van der Waals surface area contributed by atoms with Crippen LogP contribution in [0.1, 0.15) is 85.0 Å². The van der Waals surface area contributed by atoms with Crippen molar-refractivity contribution in [3.05, 3.63) is 0 Å². The predicted molar refractivity (Wildman–Crippen MR) is 121 cm³/mol. The number of aliphatic hydroxyl groups excluding tert-OH is 3. The number of ether oxygens (including phenoxy) is 1. The highest BCUT2D eigenvalue weighted by atomic mass is 16.5. The molecule has 2 unspecified atom stereocenters. The average molecular weight is 435 g/mol. The Morgan fingerprint density at radius 3 is 2.42 bits per heavy atom. The summed E-state index contributed by atoms with van der Waals surface area (Å²) in [6.45, 7) is 7.74. The van der Waals surface area contributed by atoms with Gasteiger partial charge >= 0.3 is 0 Å². The maximum Gasteiger partial charge on any atom is 0.0618 e. The second-order valence-electron chi connectivity index (χ2n) is 12.8. The molecule has 0 amide bonds. The highest BCUT2D eigenvalue weighted by Crippen LogP contribution is 2.70. The van der Waals surface area contributed by atoms with Gasteiger partial charge in [-0.15, -0.1) is 0 Å². The molecule has 0 aromatic rings. The van der Waals surface area contributed by atoms with Crippen molar-refractivity contribution in [3.8, 4) is 0 Å². The fraction of sp³-hybridized carbons (Fsp3) is 1.00. The van der Waals surface area contributed by atoms with Crippen molar-refractivity contribution < 1.29 is 20.1 Å². The fourth-order valence-corrected chi connectivity index (χ4v) is 9.89. The molecule has 4 aliphatic carbocycles. The van der Waals surface area contributed by atoms with Gasteiger partial charge in [0.1, 0.15) is 0 Å². The molecule has 5 fully saturated rings. The predicted octanol–water partition coefficient (Wildman–Crippen LogP) is 4.40. The van der Waals surface area contributed by atoms with Crippen LogP contribution in [0.3, 0.4) is 0 Å². The number of hydrogen-bond donors (Lipinski definition) is 3. The van der Waals surface area contributed by atoms with Crippen molar-refractivity contribution in [3.63, 3.8) is 0 Å². The van der Waals surface area contributed by atoms with E-state index < -0.39 is 0 Å². The molecule has 5 aliphatic rings. The normalized spacial score (nSPS) is 53.7. The molecule has 0 radical (unpaired) electrons. The topological polar surface area (TPSA) is 69.9 Å². The van der Waals surface area contributed by atoms with Gasteiger partial charge in [0.15, 0.2) is 0 Å². The van der Waals surface area contributed by atoms with Crippen LogP contribution in [-0.2, 0) is 4.74 Å². The Balaban J connectivity index is 1.30. The van der Waals surface area contributed by atoms with Crippen molar-refractivity contribution in [1.82, 2.24) is 0 Å². The van der Waals surface area contributed by atoms with Crippen LogP contribution in [0.4, 0.5) is 0 Å². The number of rotatable bonds is 5. The fourth-order valence-electron chi connectivity index (χ4n) is 9.89. The van der Waals surface area contributed by atoms with Gasteiger partial charge in [0.05, 0.1) is 18.3 Å². The van der Waals surface area contributed by atoms with Crippen molar-refractivity contribution in [1.29, 1.82) is 0 Å². The van der Waals surface area contributed by atoms with Gasteiger partial charge in [-0.25, -0.2) is 0 Å². The standard InChI is InChI=1S/C27H46O4/c1-16-23(7-4-17(14-28)15-29)31-24-13-22-20-6-5-18-12-19(30)8-10-26(18,2)21(20)9-11-27(22,3)25(16)24/h16-25,28-30H,4-15H2,1-3H3/t16-,18-,19+,20-,21+,22+,23?,24?,25+,26+,27+/m1/s1. The Kier molecular flexibility index (Phi) is 6.02. The zero-order chi connectivity index (χ0) is 22.0. The third kappa shape index (κ3) is 3.45. The summed E-state index contributed by atoms with van der Waals surface area (Å²) in [5.74, 6) is 4.47. The van der Waals surface area contributed by atoms with E-state index in [0.717, 1.165) is 49.4 Å². The minimum atomic E-state index is -0.0586. The van der Waals surface area contributed by atoms with Gasteiger partial charge in [-0.3, -0.25) is 0 Å². The molecule has 11 atom stereocenters. The van der Waals surface area contributed by atoms with E-state index in [0.29, 0.717) is 34.9 Å². The molecular formula is C27H46O4. The lowest BCUT2D eigenvalue weighted by molar-refractivity contribution is -0.130. The van der Waals surface area contributed by atoms with Crippen LogP contribution in [-0.4, -0.2) is 46.8 Å². The summed E-state index contributed by atoms with van der Waals surface area (Å²) >= 11 is 0. The Hall–Kier alpha value is -0.160. The summed E-state index contributed by atoms with van der Waals surface area (Å²) in [4.78, 5) is 0. The van der Waals surface area contributed by atoms with E-state index in [2.05, 4.69) is 20.8 Å². The van der Waals surface area contributed by atoms with E-state index in [1.807, 2.05) is 0 Å². The SMILES string of the molecule is C[C@@H]1C(CCC(CO)CO)OC2C[C@H]3[C@@H]4CC[C@@H]5C[C@@H](O)CC[C@]5(C)[C@H]4CC[C@]3(C)[C@H]21. The molecule has 0 spiro atoms. The second kappa shape index (κ2) is 8.25. The smallest absolute Gasteiger partial charge is 0.0618 e. The van der Waals surface area contributed by atoms with Crippen LogP contribution in [0.2, 0.25) is 0 Å². The molecule has 1 aliphatic heterocycles. The highest BCUT2D eigenvalue weighted by molar-refractivity contribution is 5.14. The lowest BCUT2D eigenvalue weighted by Crippen LogP contribution is -2.54. The largest absolute Gasteiger partial charge is 0.396 e. The first-order valence-electron chi connectivity index (χ1n) is 13.4. The number of hydrogen-bond acceptors (Lipinski definition) is 4. The third-order valence-corrected chi connectivity index (χ3v) is 11.6. The Morgan fingerprint density at radius 1 is 0.935 bits per heavy atom.